The molecule has 0 radical (unpaired) electrons. The molecule has 3 heterocycles. The second kappa shape index (κ2) is 8.11. The van der Waals surface area contributed by atoms with E-state index in [-0.39, 0.29) is 40.9 Å². The summed E-state index contributed by atoms with van der Waals surface area (Å²) in [6, 6.07) is 8.84. The number of hydrogen-bond donors (Lipinski definition) is 2. The lowest BCUT2D eigenvalue weighted by Gasteiger charge is -2.15. The van der Waals surface area contributed by atoms with Gasteiger partial charge in [-0.25, -0.2) is 9.50 Å². The number of benzene rings is 1. The molecule has 2 aromatic heterocycles. The molecule has 0 aliphatic carbocycles. The van der Waals surface area contributed by atoms with Crippen molar-refractivity contribution in [2.75, 3.05) is 32.1 Å². The van der Waals surface area contributed by atoms with Gasteiger partial charge in [-0.3, -0.25) is 19.5 Å². The molecule has 9 heteroatoms. The van der Waals surface area contributed by atoms with E-state index in [1.54, 1.807) is 12.0 Å². The van der Waals surface area contributed by atoms with E-state index in [1.165, 1.54) is 16.8 Å². The largest absolute Gasteiger partial charge is 0.383 e. The summed E-state index contributed by atoms with van der Waals surface area (Å²) in [4.78, 5) is 43.9. The summed E-state index contributed by atoms with van der Waals surface area (Å²) in [7, 11) is 1.59. The number of nitrogens with zero attached hydrogens (tertiary/aromatic N) is 3. The Kier molecular flexibility index (Phi) is 5.37. The molecule has 30 heavy (non-hydrogen) atoms. The summed E-state index contributed by atoms with van der Waals surface area (Å²) < 4.78 is 6.27. The normalized spacial score (nSPS) is 16.4. The molecule has 1 fully saturated rings. The van der Waals surface area contributed by atoms with E-state index in [2.05, 4.69) is 15.4 Å². The number of fused-ring (bicyclic) bond motifs is 1. The van der Waals surface area contributed by atoms with Gasteiger partial charge in [0.1, 0.15) is 5.56 Å². The second-order valence-corrected chi connectivity index (χ2v) is 7.42. The molecule has 1 atom stereocenters. The molecule has 1 aliphatic heterocycles. The molecular weight excluding hydrogens is 386 g/mol. The second-order valence-electron chi connectivity index (χ2n) is 7.42. The summed E-state index contributed by atoms with van der Waals surface area (Å²) in [5.74, 6) is -0.564. The number of ether oxygens (including phenoxy) is 1. The number of aromatic amines is 1. The van der Waals surface area contributed by atoms with Crippen molar-refractivity contribution in [2.45, 2.75) is 19.3 Å². The van der Waals surface area contributed by atoms with Crippen LogP contribution in [-0.4, -0.2) is 58.1 Å². The van der Waals surface area contributed by atoms with Crippen LogP contribution in [0.25, 0.3) is 5.65 Å². The SMILES string of the molecule is COCCN1CC(c2cc(=O)n3[nH]cc(C(=O)Nc4ccc(C)cc4)c3n2)CC1=O. The Hall–Kier alpha value is -3.46. The van der Waals surface area contributed by atoms with E-state index in [4.69, 9.17) is 4.74 Å². The van der Waals surface area contributed by atoms with Crippen LogP contribution in [0.2, 0.25) is 0 Å². The Balaban J connectivity index is 1.61. The summed E-state index contributed by atoms with van der Waals surface area (Å²) in [5, 5.41) is 5.60. The van der Waals surface area contributed by atoms with Crippen molar-refractivity contribution in [1.82, 2.24) is 19.5 Å². The number of aryl methyl sites for hydroxylation is 1. The molecule has 0 spiro atoms. The first-order chi connectivity index (χ1) is 14.5. The third-order valence-corrected chi connectivity index (χ3v) is 5.27. The van der Waals surface area contributed by atoms with Gasteiger partial charge in [-0.2, -0.15) is 0 Å². The predicted molar refractivity (Wildman–Crippen MR) is 111 cm³/mol. The molecule has 0 bridgehead atoms. The molecule has 0 saturated carbocycles. The number of amides is 2. The fourth-order valence-corrected chi connectivity index (χ4v) is 3.60. The first-order valence-corrected chi connectivity index (χ1v) is 9.72. The number of likely N-dealkylation sites (tertiary alicyclic amines) is 1. The van der Waals surface area contributed by atoms with Gasteiger partial charge in [-0.1, -0.05) is 17.7 Å². The lowest BCUT2D eigenvalue weighted by molar-refractivity contribution is -0.128. The minimum absolute atomic E-state index is 0.00505. The first kappa shape index (κ1) is 19.8. The van der Waals surface area contributed by atoms with Crippen LogP contribution in [0.15, 0.2) is 41.3 Å². The number of H-pyrrole nitrogens is 1. The van der Waals surface area contributed by atoms with E-state index >= 15 is 0 Å². The first-order valence-electron chi connectivity index (χ1n) is 9.72. The molecule has 9 nitrogen and oxygen atoms in total. The van der Waals surface area contributed by atoms with Crippen LogP contribution in [0, 0.1) is 6.92 Å². The fourth-order valence-electron chi connectivity index (χ4n) is 3.60. The van der Waals surface area contributed by atoms with Crippen molar-refractivity contribution >= 4 is 23.1 Å². The van der Waals surface area contributed by atoms with E-state index < -0.39 is 0 Å². The molecule has 2 amide bonds. The lowest BCUT2D eigenvalue weighted by Crippen LogP contribution is -2.28. The van der Waals surface area contributed by atoms with E-state index in [9.17, 15) is 14.4 Å². The Morgan fingerprint density at radius 3 is 2.80 bits per heavy atom. The Bertz CT molecular complexity index is 1150. The number of aromatic nitrogens is 3. The van der Waals surface area contributed by atoms with Crippen LogP contribution >= 0.6 is 0 Å². The summed E-state index contributed by atoms with van der Waals surface area (Å²) >= 11 is 0. The highest BCUT2D eigenvalue weighted by Crippen LogP contribution is 2.26. The standard InChI is InChI=1S/C21H23N5O4/c1-13-3-5-15(6-4-13)23-21(29)16-11-22-26-19(28)10-17(24-20(16)26)14-9-18(27)25(12-14)7-8-30-2/h3-6,10-11,14,22H,7-9,12H2,1-2H3,(H,23,29). The van der Waals surface area contributed by atoms with Crippen molar-refractivity contribution in [3.63, 3.8) is 0 Å². The van der Waals surface area contributed by atoms with Gasteiger partial charge < -0.3 is 15.0 Å². The smallest absolute Gasteiger partial charge is 0.272 e. The number of methoxy groups -OCH3 is 1. The number of rotatable bonds is 6. The number of nitrogens with one attached hydrogen (secondary N) is 2. The van der Waals surface area contributed by atoms with Gasteiger partial charge in [-0.05, 0) is 19.1 Å². The van der Waals surface area contributed by atoms with Gasteiger partial charge in [-0.15, -0.1) is 0 Å². The molecule has 2 N–H and O–H groups in total. The third-order valence-electron chi connectivity index (χ3n) is 5.27. The van der Waals surface area contributed by atoms with Crippen molar-refractivity contribution < 1.29 is 14.3 Å². The zero-order valence-electron chi connectivity index (χ0n) is 16.8. The van der Waals surface area contributed by atoms with E-state index in [0.29, 0.717) is 31.1 Å². The highest BCUT2D eigenvalue weighted by Gasteiger charge is 2.32. The monoisotopic (exact) mass is 409 g/mol. The molecule has 1 saturated heterocycles. The molecule has 3 aromatic rings. The third kappa shape index (κ3) is 3.84. The van der Waals surface area contributed by atoms with Crippen molar-refractivity contribution in [2.24, 2.45) is 0 Å². The number of carbonyl (C=O) groups is 2. The van der Waals surface area contributed by atoms with Crippen LogP contribution < -0.4 is 10.9 Å². The van der Waals surface area contributed by atoms with Crippen LogP contribution in [0.1, 0.15) is 34.0 Å². The molecular formula is C21H23N5O4. The highest BCUT2D eigenvalue weighted by atomic mass is 16.5. The zero-order chi connectivity index (χ0) is 21.3. The molecule has 156 valence electrons. The van der Waals surface area contributed by atoms with Gasteiger partial charge in [0, 0.05) is 50.5 Å². The Labute approximate surface area is 172 Å². The number of anilines is 1. The van der Waals surface area contributed by atoms with Crippen LogP contribution in [0.5, 0.6) is 0 Å². The quantitative estimate of drug-likeness (QED) is 0.642. The minimum Gasteiger partial charge on any atom is -0.383 e. The summed E-state index contributed by atoms with van der Waals surface area (Å²) in [6.07, 6.45) is 1.74. The summed E-state index contributed by atoms with van der Waals surface area (Å²) in [5.41, 5.74) is 2.42. The Morgan fingerprint density at radius 2 is 2.07 bits per heavy atom. The molecule has 1 aromatic carbocycles. The number of carbonyl (C=O) groups excluding carboxylic acids is 2. The van der Waals surface area contributed by atoms with Crippen molar-refractivity contribution in [3.05, 3.63) is 63.7 Å². The van der Waals surface area contributed by atoms with E-state index in [0.717, 1.165) is 5.56 Å². The number of hydrogen-bond acceptors (Lipinski definition) is 5. The predicted octanol–water partition coefficient (Wildman–Crippen LogP) is 1.55. The Morgan fingerprint density at radius 1 is 1.30 bits per heavy atom. The topological polar surface area (TPSA) is 109 Å². The van der Waals surface area contributed by atoms with Crippen LogP contribution in [0.4, 0.5) is 5.69 Å². The van der Waals surface area contributed by atoms with Crippen LogP contribution in [0.3, 0.4) is 0 Å². The maximum absolute atomic E-state index is 12.8. The van der Waals surface area contributed by atoms with Gasteiger partial charge in [0.2, 0.25) is 5.91 Å². The average molecular weight is 409 g/mol. The van der Waals surface area contributed by atoms with Gasteiger partial charge in [0.05, 0.1) is 12.3 Å². The van der Waals surface area contributed by atoms with E-state index in [1.807, 2.05) is 31.2 Å². The maximum atomic E-state index is 12.8. The minimum atomic E-state index is -0.370. The molecule has 4 rings (SSSR count). The maximum Gasteiger partial charge on any atom is 0.272 e. The van der Waals surface area contributed by atoms with Crippen molar-refractivity contribution in [1.29, 1.82) is 0 Å². The van der Waals surface area contributed by atoms with Gasteiger partial charge in [0.25, 0.3) is 11.5 Å². The summed E-state index contributed by atoms with van der Waals surface area (Å²) in [6.45, 7) is 3.39. The molecule has 1 aliphatic rings. The fraction of sp³-hybridized carbons (Fsp3) is 0.333. The van der Waals surface area contributed by atoms with Crippen LogP contribution in [-0.2, 0) is 9.53 Å². The van der Waals surface area contributed by atoms with Crippen molar-refractivity contribution in [3.8, 4) is 0 Å². The molecule has 1 unspecified atom stereocenters. The lowest BCUT2D eigenvalue weighted by atomic mass is 10.0. The van der Waals surface area contributed by atoms with Gasteiger partial charge >= 0.3 is 0 Å². The highest BCUT2D eigenvalue weighted by molar-refractivity contribution is 6.08. The average Bonchev–Trinajstić information content (AvgIpc) is 3.32. The zero-order valence-corrected chi connectivity index (χ0v) is 16.8. The van der Waals surface area contributed by atoms with Gasteiger partial charge in [0.15, 0.2) is 5.65 Å².